The van der Waals surface area contributed by atoms with Crippen LogP contribution in [0.25, 0.3) is 32.9 Å². The summed E-state index contributed by atoms with van der Waals surface area (Å²) in [4.78, 5) is 12.2. The van der Waals surface area contributed by atoms with Crippen LogP contribution in [0.5, 0.6) is 5.75 Å². The smallest absolute Gasteiger partial charge is 0.387 e. The van der Waals surface area contributed by atoms with Crippen LogP contribution in [0.1, 0.15) is 15.9 Å². The van der Waals surface area contributed by atoms with Crippen LogP contribution in [0.4, 0.5) is 8.78 Å². The van der Waals surface area contributed by atoms with Crippen molar-refractivity contribution in [3.63, 3.8) is 0 Å². The molecular formula is C27H17Cl2F2N2O2. The van der Waals surface area contributed by atoms with E-state index in [4.69, 9.17) is 28.9 Å². The quantitative estimate of drug-likeness (QED) is 0.260. The first-order valence-corrected chi connectivity index (χ1v) is 11.3. The van der Waals surface area contributed by atoms with Gasteiger partial charge in [-0.05, 0) is 65.7 Å². The number of carbonyl (C=O) groups excluding carboxylic acids is 1. The summed E-state index contributed by atoms with van der Waals surface area (Å²) in [7, 11) is 0. The molecule has 4 nitrogen and oxygen atoms in total. The van der Waals surface area contributed by atoms with E-state index >= 15 is 0 Å². The first-order chi connectivity index (χ1) is 16.8. The van der Waals surface area contributed by atoms with E-state index in [1.54, 1.807) is 48.5 Å². The number of halogens is 4. The first kappa shape index (κ1) is 23.1. The summed E-state index contributed by atoms with van der Waals surface area (Å²) in [5.74, 6) is -0.472. The van der Waals surface area contributed by atoms with Crippen molar-refractivity contribution in [2.24, 2.45) is 5.73 Å². The molecular weight excluding hydrogens is 493 g/mol. The van der Waals surface area contributed by atoms with Crippen molar-refractivity contribution in [3.05, 3.63) is 100 Å². The molecule has 1 heterocycles. The Balaban J connectivity index is 1.72. The third kappa shape index (κ3) is 4.31. The van der Waals surface area contributed by atoms with Crippen molar-refractivity contribution < 1.29 is 18.3 Å². The second-order valence-corrected chi connectivity index (χ2v) is 8.73. The van der Waals surface area contributed by atoms with Crippen LogP contribution in [-0.4, -0.2) is 17.1 Å². The number of hydrogen-bond donors (Lipinski definition) is 1. The monoisotopic (exact) mass is 509 g/mol. The van der Waals surface area contributed by atoms with Gasteiger partial charge in [-0.2, -0.15) is 8.78 Å². The summed E-state index contributed by atoms with van der Waals surface area (Å²) >= 11 is 12.9. The van der Waals surface area contributed by atoms with E-state index in [1.807, 2.05) is 16.7 Å². The average Bonchev–Trinajstić information content (AvgIpc) is 3.13. The summed E-state index contributed by atoms with van der Waals surface area (Å²) < 4.78 is 31.5. The fraction of sp³-hybridized carbons (Fsp3) is 0.0741. The summed E-state index contributed by atoms with van der Waals surface area (Å²) in [5, 5.41) is 2.41. The second-order valence-electron chi connectivity index (χ2n) is 7.92. The lowest BCUT2D eigenvalue weighted by atomic mass is 10.0. The van der Waals surface area contributed by atoms with Crippen molar-refractivity contribution in [3.8, 4) is 16.9 Å². The third-order valence-corrected chi connectivity index (χ3v) is 6.43. The number of carbonyl (C=O) groups is 1. The normalized spacial score (nSPS) is 11.5. The minimum Gasteiger partial charge on any atom is -0.435 e. The molecule has 0 aliphatic rings. The lowest BCUT2D eigenvalue weighted by Gasteiger charge is -2.11. The van der Waals surface area contributed by atoms with E-state index in [0.717, 1.165) is 27.5 Å². The standard InChI is InChI=1S/C27H17Cl2F2N2O2/c28-20-4-2-5-21(29)24(20)16-9-12-18-23(13-16)33(22-6-1-3-19(25(18)22)26(32)34)14-15-7-10-17(11-8-15)35-27(30)31/h1-11,13,27H,14H2,(H2,32,34). The highest BCUT2D eigenvalue weighted by Gasteiger charge is 2.19. The van der Waals surface area contributed by atoms with Crippen LogP contribution in [0.15, 0.2) is 72.8 Å². The molecule has 5 aromatic rings. The van der Waals surface area contributed by atoms with E-state index in [9.17, 15) is 13.6 Å². The minimum absolute atomic E-state index is 0.0750. The fourth-order valence-electron chi connectivity index (χ4n) is 4.31. The molecule has 35 heavy (non-hydrogen) atoms. The molecule has 0 unspecified atom stereocenters. The molecule has 1 aromatic heterocycles. The maximum Gasteiger partial charge on any atom is 0.387 e. The van der Waals surface area contributed by atoms with Gasteiger partial charge in [0.25, 0.3) is 0 Å². The summed E-state index contributed by atoms with van der Waals surface area (Å²) in [5.41, 5.74) is 9.91. The van der Waals surface area contributed by atoms with Crippen LogP contribution >= 0.6 is 23.2 Å². The van der Waals surface area contributed by atoms with Crippen LogP contribution in [-0.2, 0) is 6.54 Å². The van der Waals surface area contributed by atoms with E-state index in [0.29, 0.717) is 33.1 Å². The van der Waals surface area contributed by atoms with Crippen LogP contribution in [0, 0.1) is 6.07 Å². The molecule has 0 saturated carbocycles. The minimum atomic E-state index is -2.89. The topological polar surface area (TPSA) is 57.2 Å². The molecule has 5 rings (SSSR count). The molecule has 0 aliphatic carbocycles. The lowest BCUT2D eigenvalue weighted by molar-refractivity contribution is -0.0498. The molecule has 2 N–H and O–H groups in total. The number of aromatic nitrogens is 1. The number of primary amides is 1. The van der Waals surface area contributed by atoms with Crippen molar-refractivity contribution in [1.29, 1.82) is 0 Å². The van der Waals surface area contributed by atoms with Gasteiger partial charge in [0.05, 0.1) is 11.0 Å². The molecule has 0 bridgehead atoms. The van der Waals surface area contributed by atoms with E-state index < -0.39 is 12.5 Å². The maximum absolute atomic E-state index is 12.5. The van der Waals surface area contributed by atoms with Gasteiger partial charge in [0, 0.05) is 38.5 Å². The predicted molar refractivity (Wildman–Crippen MR) is 134 cm³/mol. The Bertz CT molecular complexity index is 1560. The van der Waals surface area contributed by atoms with Gasteiger partial charge in [0.2, 0.25) is 5.91 Å². The number of nitrogens with two attached hydrogens (primary N) is 1. The van der Waals surface area contributed by atoms with Gasteiger partial charge >= 0.3 is 6.61 Å². The molecule has 8 heteroatoms. The van der Waals surface area contributed by atoms with Gasteiger partial charge in [0.15, 0.2) is 0 Å². The molecule has 1 amide bonds. The van der Waals surface area contributed by atoms with Crippen LogP contribution in [0.3, 0.4) is 0 Å². The van der Waals surface area contributed by atoms with Gasteiger partial charge < -0.3 is 15.0 Å². The zero-order chi connectivity index (χ0) is 24.7. The van der Waals surface area contributed by atoms with Crippen LogP contribution in [0.2, 0.25) is 10.0 Å². The predicted octanol–water partition coefficient (Wildman–Crippen LogP) is 7.32. The number of alkyl halides is 2. The number of fused-ring (bicyclic) bond motifs is 3. The van der Waals surface area contributed by atoms with Crippen molar-refractivity contribution in [2.45, 2.75) is 13.2 Å². The lowest BCUT2D eigenvalue weighted by Crippen LogP contribution is -2.11. The van der Waals surface area contributed by atoms with Gasteiger partial charge in [-0.3, -0.25) is 4.79 Å². The summed E-state index contributed by atoms with van der Waals surface area (Å²) in [6.45, 7) is -2.50. The highest BCUT2D eigenvalue weighted by Crippen LogP contribution is 2.39. The van der Waals surface area contributed by atoms with Gasteiger partial charge in [-0.25, -0.2) is 0 Å². The average molecular weight is 510 g/mol. The number of ether oxygens (including phenoxy) is 1. The van der Waals surface area contributed by atoms with Gasteiger partial charge in [-0.15, -0.1) is 0 Å². The Morgan fingerprint density at radius 2 is 1.69 bits per heavy atom. The molecule has 0 spiro atoms. The summed E-state index contributed by atoms with van der Waals surface area (Å²) in [6, 6.07) is 24.1. The number of hydrogen-bond acceptors (Lipinski definition) is 2. The van der Waals surface area contributed by atoms with Crippen molar-refractivity contribution >= 4 is 50.9 Å². The van der Waals surface area contributed by atoms with Crippen LogP contribution < -0.4 is 10.5 Å². The van der Waals surface area contributed by atoms with Crippen molar-refractivity contribution in [2.75, 3.05) is 0 Å². The molecule has 0 atom stereocenters. The Hall–Kier alpha value is -3.61. The zero-order valence-electron chi connectivity index (χ0n) is 18.1. The SMILES string of the molecule is NC(=O)c1cccc2c1c1[c]cc(-c3c(Cl)cccc3Cl)cc1n2Cc1ccc(OC(F)F)cc1. The Morgan fingerprint density at radius 3 is 2.34 bits per heavy atom. The molecule has 0 aliphatic heterocycles. The zero-order valence-corrected chi connectivity index (χ0v) is 19.6. The number of rotatable bonds is 6. The Morgan fingerprint density at radius 1 is 1.00 bits per heavy atom. The van der Waals surface area contributed by atoms with E-state index in [1.165, 1.54) is 12.1 Å². The van der Waals surface area contributed by atoms with Crippen molar-refractivity contribution in [1.82, 2.24) is 4.57 Å². The molecule has 0 saturated heterocycles. The number of nitrogens with zero attached hydrogens (tertiary/aromatic N) is 1. The first-order valence-electron chi connectivity index (χ1n) is 10.6. The van der Waals surface area contributed by atoms with Gasteiger partial charge in [0.1, 0.15) is 5.75 Å². The van der Waals surface area contributed by atoms with E-state index in [2.05, 4.69) is 10.8 Å². The molecule has 1 radical (unpaired) electrons. The highest BCUT2D eigenvalue weighted by atomic mass is 35.5. The molecule has 0 fully saturated rings. The highest BCUT2D eigenvalue weighted by molar-refractivity contribution is 6.39. The Labute approximate surface area is 209 Å². The number of amides is 1. The number of benzene rings is 4. The largest absolute Gasteiger partial charge is 0.435 e. The second kappa shape index (κ2) is 9.21. The van der Waals surface area contributed by atoms with Gasteiger partial charge in [-0.1, -0.05) is 47.5 Å². The fourth-order valence-corrected chi connectivity index (χ4v) is 4.92. The molecule has 175 valence electrons. The molecule has 4 aromatic carbocycles. The summed E-state index contributed by atoms with van der Waals surface area (Å²) in [6.07, 6.45) is 0. The Kier molecular flexibility index (Phi) is 6.09. The van der Waals surface area contributed by atoms with E-state index in [-0.39, 0.29) is 5.75 Å². The third-order valence-electron chi connectivity index (χ3n) is 5.80. The maximum atomic E-state index is 12.5.